The summed E-state index contributed by atoms with van der Waals surface area (Å²) >= 11 is 0. The lowest BCUT2D eigenvalue weighted by Gasteiger charge is -2.41. The molecule has 10 aromatic rings. The Bertz CT molecular complexity index is 3930. The highest BCUT2D eigenvalue weighted by atomic mass is 14.4. The lowest BCUT2D eigenvalue weighted by molar-refractivity contribution is 0.788. The van der Waals surface area contributed by atoms with Crippen LogP contribution in [0.3, 0.4) is 0 Å². The number of allylic oxidation sites excluding steroid dienone is 17. The van der Waals surface area contributed by atoms with E-state index in [1.807, 2.05) is 83.1 Å². The van der Waals surface area contributed by atoms with E-state index in [-0.39, 0.29) is 0 Å². The zero-order valence-electron chi connectivity index (χ0n) is 47.4. The molecule has 0 saturated heterocycles. The molecule has 0 saturated carbocycles. The van der Waals surface area contributed by atoms with Gasteiger partial charge in [-0.05, 0) is 147 Å². The first-order chi connectivity index (χ1) is 38.2. The molecule has 3 unspecified atom stereocenters. The minimum absolute atomic E-state index is 0.448. The summed E-state index contributed by atoms with van der Waals surface area (Å²) in [6.07, 6.45) is 34.3. The Morgan fingerprint density at radius 1 is 0.260 bits per heavy atom. The SMILES string of the molecule is C1=CC2=CC3=CC=CC4=Cc5cccc6c5=C(C2C(=C1)C=6)C34.C1=CC2=Cc3cccc4ccc5c(c34)C2C(=C1)C=C5.CC.CC.CC.CC.CC.CC.c1cc2ccc3ccc4ccc5ccc6ccc1c1c2c3c4c5c61. The number of hydrogen-bond acceptors (Lipinski definition) is 0. The minimum Gasteiger partial charge on any atom is -0.0683 e. The normalized spacial score (nSPS) is 17.8. The summed E-state index contributed by atoms with van der Waals surface area (Å²) in [6.45, 7) is 24.0. The first-order valence-corrected chi connectivity index (χ1v) is 29.2. The molecule has 382 valence electrons. The van der Waals surface area contributed by atoms with Gasteiger partial charge in [0.15, 0.2) is 0 Å². The highest BCUT2D eigenvalue weighted by molar-refractivity contribution is 6.44. The van der Waals surface area contributed by atoms with Crippen molar-refractivity contribution in [3.63, 3.8) is 0 Å². The predicted molar refractivity (Wildman–Crippen MR) is 345 cm³/mol. The van der Waals surface area contributed by atoms with Crippen LogP contribution in [0.1, 0.15) is 111 Å². The van der Waals surface area contributed by atoms with Crippen molar-refractivity contribution in [2.75, 3.05) is 0 Å². The molecule has 0 nitrogen and oxygen atoms in total. The Balaban J connectivity index is 0.000000120. The Kier molecular flexibility index (Phi) is 15.1. The van der Waals surface area contributed by atoms with Crippen LogP contribution in [-0.2, 0) is 0 Å². The monoisotopic (exact) mass is 999 g/mol. The molecule has 8 aliphatic rings. The number of rotatable bonds is 0. The predicted octanol–water partition coefficient (Wildman–Crippen LogP) is 21.1. The van der Waals surface area contributed by atoms with Crippen LogP contribution in [0.2, 0.25) is 0 Å². The summed E-state index contributed by atoms with van der Waals surface area (Å²) in [5, 5.41) is 22.4. The summed E-state index contributed by atoms with van der Waals surface area (Å²) in [5.41, 5.74) is 15.9. The van der Waals surface area contributed by atoms with Gasteiger partial charge in [-0.15, -0.1) is 0 Å². The molecule has 0 spiro atoms. The molecule has 0 N–H and O–H groups in total. The van der Waals surface area contributed by atoms with Gasteiger partial charge in [0.05, 0.1) is 0 Å². The van der Waals surface area contributed by atoms with E-state index in [0.29, 0.717) is 17.8 Å². The molecule has 8 aliphatic carbocycles. The highest BCUT2D eigenvalue weighted by Crippen LogP contribution is 2.52. The number of benzene rings is 10. The maximum Gasteiger partial charge on any atom is 0.0352 e. The maximum atomic E-state index is 2.41. The molecule has 0 amide bonds. The van der Waals surface area contributed by atoms with Crippen molar-refractivity contribution >= 4 is 105 Å². The van der Waals surface area contributed by atoms with Crippen LogP contribution in [0.25, 0.3) is 105 Å². The van der Waals surface area contributed by atoms with Gasteiger partial charge in [0, 0.05) is 17.8 Å². The zero-order valence-corrected chi connectivity index (χ0v) is 47.4. The molecule has 0 bridgehead atoms. The minimum atomic E-state index is 0.448. The third kappa shape index (κ3) is 8.19. The Hall–Kier alpha value is -8.06. The Morgan fingerprint density at radius 2 is 0.636 bits per heavy atom. The van der Waals surface area contributed by atoms with Gasteiger partial charge in [0.1, 0.15) is 0 Å². The highest BCUT2D eigenvalue weighted by Gasteiger charge is 2.39. The summed E-state index contributed by atoms with van der Waals surface area (Å²) in [6, 6.07) is 45.1. The molecular weight excluding hydrogens is 925 g/mol. The molecule has 0 heterocycles. The van der Waals surface area contributed by atoms with Gasteiger partial charge < -0.3 is 0 Å². The van der Waals surface area contributed by atoms with Crippen molar-refractivity contribution in [3.05, 3.63) is 254 Å². The van der Waals surface area contributed by atoms with Gasteiger partial charge in [-0.2, -0.15) is 0 Å². The van der Waals surface area contributed by atoms with Crippen molar-refractivity contribution in [1.29, 1.82) is 0 Å². The van der Waals surface area contributed by atoms with Gasteiger partial charge in [0.2, 0.25) is 0 Å². The standard InChI is InChI=1S/C24H12.C22H14.C19H12.6C2H6/c1-2-14-5-6-16-9-11-18-12-10-17-8-7-15-4-3-13(1)19-20(14)22(16)24(18)23(17)21(15)19;1-4-13-10-15-6-2-8-17-12-18-9-3-7-16-11-14(5-1)19(13)22(20(15)17)21(16)18;1-3-12-7-9-14-10-8-13-4-2-6-16-11-15(5-1)17(12)19(14)18(13)16;6*1-2/h1-12H;1-12,19-20H;1-11,17H;6*1-2H3. The fraction of sp³-hybridized carbons (Fsp3) is 0.195. The van der Waals surface area contributed by atoms with Crippen LogP contribution < -0.4 is 10.4 Å². The topological polar surface area (TPSA) is 0 Å². The fourth-order valence-corrected chi connectivity index (χ4v) is 13.3. The van der Waals surface area contributed by atoms with Crippen LogP contribution in [0, 0.1) is 11.8 Å². The Morgan fingerprint density at radius 3 is 1.13 bits per heavy atom. The Labute approximate surface area is 457 Å². The van der Waals surface area contributed by atoms with Crippen molar-refractivity contribution in [2.45, 2.75) is 89.0 Å². The molecule has 0 aliphatic heterocycles. The number of hydrogen-bond donors (Lipinski definition) is 0. The molecular formula is C77H74. The lowest BCUT2D eigenvalue weighted by atomic mass is 9.62. The fourth-order valence-electron chi connectivity index (χ4n) is 13.3. The largest absolute Gasteiger partial charge is 0.0683 e. The lowest BCUT2D eigenvalue weighted by Crippen LogP contribution is -2.42. The van der Waals surface area contributed by atoms with Gasteiger partial charge in [0.25, 0.3) is 0 Å². The molecule has 0 radical (unpaired) electrons. The smallest absolute Gasteiger partial charge is 0.0352 e. The van der Waals surface area contributed by atoms with Crippen LogP contribution in [0.5, 0.6) is 0 Å². The second-order valence-electron chi connectivity index (χ2n) is 19.0. The summed E-state index contributed by atoms with van der Waals surface area (Å²) in [5.74, 6) is 1.36. The van der Waals surface area contributed by atoms with Crippen molar-refractivity contribution in [3.8, 4) is 0 Å². The summed E-state index contributed by atoms with van der Waals surface area (Å²) in [7, 11) is 0. The molecule has 10 aromatic carbocycles. The average molecular weight is 999 g/mol. The van der Waals surface area contributed by atoms with Crippen LogP contribution in [-0.4, -0.2) is 0 Å². The average Bonchev–Trinajstić information content (AvgIpc) is 3.67. The van der Waals surface area contributed by atoms with E-state index >= 15 is 0 Å². The van der Waals surface area contributed by atoms with Gasteiger partial charge in [-0.3, -0.25) is 0 Å². The van der Waals surface area contributed by atoms with Crippen LogP contribution in [0.4, 0.5) is 0 Å². The van der Waals surface area contributed by atoms with E-state index in [1.165, 1.54) is 142 Å². The molecule has 77 heavy (non-hydrogen) atoms. The first-order valence-electron chi connectivity index (χ1n) is 29.2. The van der Waals surface area contributed by atoms with Crippen molar-refractivity contribution in [2.24, 2.45) is 11.8 Å². The zero-order chi connectivity index (χ0) is 54.1. The molecule has 18 rings (SSSR count). The second-order valence-corrected chi connectivity index (χ2v) is 19.0. The summed E-state index contributed by atoms with van der Waals surface area (Å²) < 4.78 is 0. The quantitative estimate of drug-likeness (QED) is 0.105. The molecule has 0 aromatic heterocycles. The van der Waals surface area contributed by atoms with E-state index < -0.39 is 0 Å². The van der Waals surface area contributed by atoms with E-state index in [2.05, 4.69) is 212 Å². The van der Waals surface area contributed by atoms with E-state index in [0.717, 1.165) is 0 Å². The van der Waals surface area contributed by atoms with Crippen molar-refractivity contribution in [1.82, 2.24) is 0 Å². The third-order valence-corrected chi connectivity index (χ3v) is 15.9. The molecule has 0 fully saturated rings. The summed E-state index contributed by atoms with van der Waals surface area (Å²) in [4.78, 5) is 0. The first kappa shape index (κ1) is 52.4. The maximum absolute atomic E-state index is 2.41. The van der Waals surface area contributed by atoms with E-state index in [4.69, 9.17) is 0 Å². The third-order valence-electron chi connectivity index (χ3n) is 15.9. The van der Waals surface area contributed by atoms with Gasteiger partial charge in [-0.25, -0.2) is 0 Å². The van der Waals surface area contributed by atoms with Gasteiger partial charge in [-0.1, -0.05) is 296 Å². The van der Waals surface area contributed by atoms with Gasteiger partial charge >= 0.3 is 0 Å². The van der Waals surface area contributed by atoms with Crippen LogP contribution >= 0.6 is 0 Å². The second kappa shape index (κ2) is 22.3. The molecule has 3 atom stereocenters. The van der Waals surface area contributed by atoms with E-state index in [1.54, 1.807) is 5.57 Å². The van der Waals surface area contributed by atoms with Crippen molar-refractivity contribution < 1.29 is 0 Å². The van der Waals surface area contributed by atoms with Crippen LogP contribution in [0.15, 0.2) is 222 Å². The molecule has 0 heteroatoms. The van der Waals surface area contributed by atoms with E-state index in [9.17, 15) is 0 Å².